The van der Waals surface area contributed by atoms with Gasteiger partial charge < -0.3 is 20.5 Å². The van der Waals surface area contributed by atoms with Crippen LogP contribution in [0, 0.1) is 0 Å². The average Bonchev–Trinajstić information content (AvgIpc) is 2.35. The van der Waals surface area contributed by atoms with Crippen molar-refractivity contribution in [2.75, 3.05) is 20.8 Å². The summed E-state index contributed by atoms with van der Waals surface area (Å²) < 4.78 is 10.4. The maximum atomic E-state index is 5.53. The van der Waals surface area contributed by atoms with Gasteiger partial charge in [-0.1, -0.05) is 6.07 Å². The minimum Gasteiger partial charge on any atom is -0.493 e. The molecule has 0 heterocycles. The first-order valence-electron chi connectivity index (χ1n) is 5.35. The Balaban J connectivity index is 2.67. The van der Waals surface area contributed by atoms with Crippen molar-refractivity contribution in [2.45, 2.75) is 19.5 Å². The molecule has 0 aromatic heterocycles. The summed E-state index contributed by atoms with van der Waals surface area (Å²) >= 11 is 0. The van der Waals surface area contributed by atoms with Crippen LogP contribution in [0.15, 0.2) is 18.2 Å². The van der Waals surface area contributed by atoms with Gasteiger partial charge in [0.2, 0.25) is 0 Å². The molecule has 0 aliphatic carbocycles. The van der Waals surface area contributed by atoms with Crippen molar-refractivity contribution in [1.82, 2.24) is 5.32 Å². The molecular formula is C12H20N2O2. The molecule has 4 nitrogen and oxygen atoms in total. The molecule has 1 aromatic carbocycles. The topological polar surface area (TPSA) is 56.5 Å². The Morgan fingerprint density at radius 1 is 1.25 bits per heavy atom. The van der Waals surface area contributed by atoms with Gasteiger partial charge in [-0.25, -0.2) is 0 Å². The summed E-state index contributed by atoms with van der Waals surface area (Å²) in [5, 5.41) is 3.32. The SMILES string of the molecule is COc1ccc(CN[C@@H](C)CN)cc1OC. The molecule has 0 bridgehead atoms. The summed E-state index contributed by atoms with van der Waals surface area (Å²) in [6, 6.07) is 6.20. The molecule has 0 saturated carbocycles. The van der Waals surface area contributed by atoms with Gasteiger partial charge in [0.1, 0.15) is 0 Å². The van der Waals surface area contributed by atoms with Crippen LogP contribution in [0.5, 0.6) is 11.5 Å². The molecule has 1 rings (SSSR count). The fourth-order valence-corrected chi connectivity index (χ4v) is 1.37. The molecule has 0 radical (unpaired) electrons. The van der Waals surface area contributed by atoms with Gasteiger partial charge in [-0.05, 0) is 24.6 Å². The van der Waals surface area contributed by atoms with E-state index in [-0.39, 0.29) is 0 Å². The van der Waals surface area contributed by atoms with E-state index in [4.69, 9.17) is 15.2 Å². The van der Waals surface area contributed by atoms with E-state index in [0.29, 0.717) is 12.6 Å². The number of rotatable bonds is 6. The van der Waals surface area contributed by atoms with E-state index in [0.717, 1.165) is 23.6 Å². The van der Waals surface area contributed by atoms with Crippen LogP contribution >= 0.6 is 0 Å². The van der Waals surface area contributed by atoms with Crippen molar-refractivity contribution < 1.29 is 9.47 Å². The molecule has 0 unspecified atom stereocenters. The van der Waals surface area contributed by atoms with E-state index >= 15 is 0 Å². The van der Waals surface area contributed by atoms with Gasteiger partial charge in [0.25, 0.3) is 0 Å². The molecule has 0 amide bonds. The lowest BCUT2D eigenvalue weighted by molar-refractivity contribution is 0.354. The summed E-state index contributed by atoms with van der Waals surface area (Å²) in [4.78, 5) is 0. The van der Waals surface area contributed by atoms with E-state index in [9.17, 15) is 0 Å². The van der Waals surface area contributed by atoms with Crippen molar-refractivity contribution in [3.8, 4) is 11.5 Å². The Morgan fingerprint density at radius 2 is 1.94 bits per heavy atom. The van der Waals surface area contributed by atoms with Gasteiger partial charge in [-0.3, -0.25) is 0 Å². The quantitative estimate of drug-likeness (QED) is 0.761. The van der Waals surface area contributed by atoms with Crippen LogP contribution in [0.1, 0.15) is 12.5 Å². The first-order chi connectivity index (χ1) is 7.71. The van der Waals surface area contributed by atoms with Crippen LogP contribution in [-0.4, -0.2) is 26.8 Å². The van der Waals surface area contributed by atoms with E-state index in [1.807, 2.05) is 18.2 Å². The smallest absolute Gasteiger partial charge is 0.161 e. The Morgan fingerprint density at radius 3 is 2.50 bits per heavy atom. The second-order valence-electron chi connectivity index (χ2n) is 3.71. The van der Waals surface area contributed by atoms with Crippen LogP contribution in [-0.2, 0) is 6.54 Å². The summed E-state index contributed by atoms with van der Waals surface area (Å²) in [6.07, 6.45) is 0. The Bertz CT molecular complexity index is 329. The van der Waals surface area contributed by atoms with Gasteiger partial charge in [0.05, 0.1) is 14.2 Å². The highest BCUT2D eigenvalue weighted by atomic mass is 16.5. The highest BCUT2D eigenvalue weighted by Gasteiger charge is 2.05. The third-order valence-corrected chi connectivity index (χ3v) is 2.46. The van der Waals surface area contributed by atoms with Gasteiger partial charge in [0.15, 0.2) is 11.5 Å². The van der Waals surface area contributed by atoms with E-state index in [1.54, 1.807) is 14.2 Å². The molecule has 1 atom stereocenters. The maximum absolute atomic E-state index is 5.53. The van der Waals surface area contributed by atoms with Crippen LogP contribution in [0.2, 0.25) is 0 Å². The molecule has 3 N–H and O–H groups in total. The predicted octanol–water partition coefficient (Wildman–Crippen LogP) is 1.14. The van der Waals surface area contributed by atoms with Crippen molar-refractivity contribution in [3.63, 3.8) is 0 Å². The normalized spacial score (nSPS) is 12.2. The van der Waals surface area contributed by atoms with E-state index < -0.39 is 0 Å². The van der Waals surface area contributed by atoms with Crippen molar-refractivity contribution in [3.05, 3.63) is 23.8 Å². The fraction of sp³-hybridized carbons (Fsp3) is 0.500. The van der Waals surface area contributed by atoms with Crippen LogP contribution in [0.4, 0.5) is 0 Å². The standard InChI is InChI=1S/C12H20N2O2/c1-9(7-13)14-8-10-4-5-11(15-2)12(6-10)16-3/h4-6,9,14H,7-8,13H2,1-3H3/t9-/m0/s1. The summed E-state index contributed by atoms with van der Waals surface area (Å²) in [6.45, 7) is 3.47. The Labute approximate surface area is 96.7 Å². The highest BCUT2D eigenvalue weighted by molar-refractivity contribution is 5.42. The van der Waals surface area contributed by atoms with E-state index in [1.165, 1.54) is 0 Å². The highest BCUT2D eigenvalue weighted by Crippen LogP contribution is 2.27. The first kappa shape index (κ1) is 12.8. The van der Waals surface area contributed by atoms with Gasteiger partial charge in [-0.15, -0.1) is 0 Å². The molecule has 0 saturated heterocycles. The number of ether oxygens (including phenoxy) is 2. The predicted molar refractivity (Wildman–Crippen MR) is 64.9 cm³/mol. The van der Waals surface area contributed by atoms with Crippen LogP contribution < -0.4 is 20.5 Å². The molecular weight excluding hydrogens is 204 g/mol. The fourth-order valence-electron chi connectivity index (χ4n) is 1.37. The monoisotopic (exact) mass is 224 g/mol. The minimum atomic E-state index is 0.313. The largest absolute Gasteiger partial charge is 0.493 e. The minimum absolute atomic E-state index is 0.313. The number of nitrogens with two attached hydrogens (primary N) is 1. The Hall–Kier alpha value is -1.26. The Kier molecular flexibility index (Phi) is 5.08. The average molecular weight is 224 g/mol. The van der Waals surface area contributed by atoms with E-state index in [2.05, 4.69) is 12.2 Å². The van der Waals surface area contributed by atoms with Crippen LogP contribution in [0.3, 0.4) is 0 Å². The first-order valence-corrected chi connectivity index (χ1v) is 5.35. The summed E-state index contributed by atoms with van der Waals surface area (Å²) in [7, 11) is 3.27. The number of hydrogen-bond acceptors (Lipinski definition) is 4. The van der Waals surface area contributed by atoms with Gasteiger partial charge >= 0.3 is 0 Å². The lowest BCUT2D eigenvalue weighted by atomic mass is 10.2. The van der Waals surface area contributed by atoms with Crippen molar-refractivity contribution in [2.24, 2.45) is 5.73 Å². The number of benzene rings is 1. The summed E-state index contributed by atoms with van der Waals surface area (Å²) in [5.74, 6) is 1.50. The molecule has 0 aliphatic heterocycles. The van der Waals surface area contributed by atoms with Crippen molar-refractivity contribution >= 4 is 0 Å². The molecule has 0 aliphatic rings. The van der Waals surface area contributed by atoms with Gasteiger partial charge in [0, 0.05) is 19.1 Å². The van der Waals surface area contributed by atoms with Crippen molar-refractivity contribution in [1.29, 1.82) is 0 Å². The van der Waals surface area contributed by atoms with Gasteiger partial charge in [-0.2, -0.15) is 0 Å². The van der Waals surface area contributed by atoms with Crippen LogP contribution in [0.25, 0.3) is 0 Å². The molecule has 4 heteroatoms. The third-order valence-electron chi connectivity index (χ3n) is 2.46. The second-order valence-corrected chi connectivity index (χ2v) is 3.71. The molecule has 1 aromatic rings. The lowest BCUT2D eigenvalue weighted by Crippen LogP contribution is -2.32. The zero-order valence-electron chi connectivity index (χ0n) is 10.1. The second kappa shape index (κ2) is 6.35. The zero-order chi connectivity index (χ0) is 12.0. The number of hydrogen-bond donors (Lipinski definition) is 2. The zero-order valence-corrected chi connectivity index (χ0v) is 10.1. The lowest BCUT2D eigenvalue weighted by Gasteiger charge is -2.13. The maximum Gasteiger partial charge on any atom is 0.161 e. The number of methoxy groups -OCH3 is 2. The molecule has 90 valence electrons. The summed E-state index contributed by atoms with van der Waals surface area (Å²) in [5.41, 5.74) is 6.68. The molecule has 16 heavy (non-hydrogen) atoms. The molecule has 0 spiro atoms. The molecule has 0 fully saturated rings. The number of nitrogens with one attached hydrogen (secondary N) is 1. The third kappa shape index (κ3) is 3.40.